The van der Waals surface area contributed by atoms with Gasteiger partial charge in [0.15, 0.2) is 0 Å². The normalized spacial score (nSPS) is 12.8. The molecule has 2 rings (SSSR count). The van der Waals surface area contributed by atoms with Crippen molar-refractivity contribution in [2.75, 3.05) is 27.3 Å². The second kappa shape index (κ2) is 5.98. The third kappa shape index (κ3) is 2.89. The Morgan fingerprint density at radius 2 is 1.83 bits per heavy atom. The summed E-state index contributed by atoms with van der Waals surface area (Å²) in [7, 11) is 3.74. The maximum atomic E-state index is 5.30. The van der Waals surface area contributed by atoms with Crippen LogP contribution in [-0.4, -0.2) is 27.3 Å². The zero-order valence-electron chi connectivity index (χ0n) is 11.4. The summed E-state index contributed by atoms with van der Waals surface area (Å²) in [5, 5.41) is 5.83. The van der Waals surface area contributed by atoms with Crippen molar-refractivity contribution in [3.8, 4) is 0 Å². The molecular weight excluding hydrogens is 222 g/mol. The lowest BCUT2D eigenvalue weighted by molar-refractivity contribution is 0.178. The molecule has 0 heterocycles. The quantitative estimate of drug-likeness (QED) is 0.871. The van der Waals surface area contributed by atoms with E-state index < -0.39 is 0 Å². The fourth-order valence-electron chi connectivity index (χ4n) is 2.36. The molecule has 2 heteroatoms. The van der Waals surface area contributed by atoms with Crippen LogP contribution in [0.5, 0.6) is 0 Å². The summed E-state index contributed by atoms with van der Waals surface area (Å²) in [6.45, 7) is 3.81. The molecule has 0 aliphatic rings. The SMILES string of the molecule is CNCC(COC)c1ccc2cc(C)ccc2c1. The highest BCUT2D eigenvalue weighted by Gasteiger charge is 2.10. The number of hydrogen-bond acceptors (Lipinski definition) is 2. The van der Waals surface area contributed by atoms with Gasteiger partial charge in [-0.1, -0.05) is 42.0 Å². The zero-order chi connectivity index (χ0) is 13.0. The van der Waals surface area contributed by atoms with Crippen molar-refractivity contribution >= 4 is 10.8 Å². The van der Waals surface area contributed by atoms with Gasteiger partial charge in [-0.3, -0.25) is 0 Å². The number of likely N-dealkylation sites (N-methyl/N-ethyl adjacent to an activating group) is 1. The molecule has 0 saturated heterocycles. The Labute approximate surface area is 109 Å². The Morgan fingerprint density at radius 3 is 2.56 bits per heavy atom. The van der Waals surface area contributed by atoms with Crippen molar-refractivity contribution in [1.29, 1.82) is 0 Å². The zero-order valence-corrected chi connectivity index (χ0v) is 11.4. The second-order valence-electron chi connectivity index (χ2n) is 4.82. The number of fused-ring (bicyclic) bond motifs is 1. The van der Waals surface area contributed by atoms with E-state index in [9.17, 15) is 0 Å². The highest BCUT2D eigenvalue weighted by molar-refractivity contribution is 5.83. The third-order valence-corrected chi connectivity index (χ3v) is 3.31. The number of aryl methyl sites for hydroxylation is 1. The Bertz CT molecular complexity index is 515. The second-order valence-corrected chi connectivity index (χ2v) is 4.82. The number of rotatable bonds is 5. The summed E-state index contributed by atoms with van der Waals surface area (Å²) in [4.78, 5) is 0. The van der Waals surface area contributed by atoms with E-state index in [1.807, 2.05) is 7.05 Å². The lowest BCUT2D eigenvalue weighted by Gasteiger charge is -2.16. The van der Waals surface area contributed by atoms with E-state index in [-0.39, 0.29) is 0 Å². The van der Waals surface area contributed by atoms with Crippen LogP contribution in [0.15, 0.2) is 36.4 Å². The molecule has 0 aliphatic heterocycles. The summed E-state index contributed by atoms with van der Waals surface area (Å²) < 4.78 is 5.30. The van der Waals surface area contributed by atoms with Gasteiger partial charge in [0.05, 0.1) is 6.61 Å². The molecule has 0 radical (unpaired) electrons. The molecule has 0 aliphatic carbocycles. The van der Waals surface area contributed by atoms with Crippen LogP contribution >= 0.6 is 0 Å². The van der Waals surface area contributed by atoms with Gasteiger partial charge in [0.25, 0.3) is 0 Å². The van der Waals surface area contributed by atoms with Crippen molar-refractivity contribution in [1.82, 2.24) is 5.32 Å². The van der Waals surface area contributed by atoms with Gasteiger partial charge in [-0.25, -0.2) is 0 Å². The van der Waals surface area contributed by atoms with Crippen LogP contribution in [0.3, 0.4) is 0 Å². The Balaban J connectivity index is 2.35. The van der Waals surface area contributed by atoms with Gasteiger partial charge in [-0.15, -0.1) is 0 Å². The maximum absolute atomic E-state index is 5.30. The van der Waals surface area contributed by atoms with Crippen molar-refractivity contribution < 1.29 is 4.74 Å². The fraction of sp³-hybridized carbons (Fsp3) is 0.375. The van der Waals surface area contributed by atoms with E-state index in [1.165, 1.54) is 21.9 Å². The smallest absolute Gasteiger partial charge is 0.0543 e. The van der Waals surface area contributed by atoms with Gasteiger partial charge in [-0.2, -0.15) is 0 Å². The van der Waals surface area contributed by atoms with Gasteiger partial charge in [-0.05, 0) is 30.3 Å². The highest BCUT2D eigenvalue weighted by Crippen LogP contribution is 2.22. The lowest BCUT2D eigenvalue weighted by atomic mass is 9.96. The van der Waals surface area contributed by atoms with Gasteiger partial charge >= 0.3 is 0 Å². The topological polar surface area (TPSA) is 21.3 Å². The van der Waals surface area contributed by atoms with E-state index in [0.717, 1.165) is 13.2 Å². The molecular formula is C16H21NO. The highest BCUT2D eigenvalue weighted by atomic mass is 16.5. The summed E-state index contributed by atoms with van der Waals surface area (Å²) >= 11 is 0. The molecule has 1 atom stereocenters. The summed E-state index contributed by atoms with van der Waals surface area (Å²) in [6, 6.07) is 13.3. The first-order valence-corrected chi connectivity index (χ1v) is 6.38. The summed E-state index contributed by atoms with van der Waals surface area (Å²) in [6.07, 6.45) is 0. The average Bonchev–Trinajstić information content (AvgIpc) is 2.38. The molecule has 2 aromatic rings. The first-order valence-electron chi connectivity index (χ1n) is 6.38. The lowest BCUT2D eigenvalue weighted by Crippen LogP contribution is -2.20. The third-order valence-electron chi connectivity index (χ3n) is 3.31. The molecule has 0 fully saturated rings. The monoisotopic (exact) mass is 243 g/mol. The van der Waals surface area contributed by atoms with E-state index in [1.54, 1.807) is 7.11 Å². The van der Waals surface area contributed by atoms with Gasteiger partial charge in [0.2, 0.25) is 0 Å². The minimum atomic E-state index is 0.408. The van der Waals surface area contributed by atoms with Crippen LogP contribution in [0.1, 0.15) is 17.0 Å². The molecule has 0 aromatic heterocycles. The fourth-order valence-corrected chi connectivity index (χ4v) is 2.36. The molecule has 1 unspecified atom stereocenters. The van der Waals surface area contributed by atoms with Crippen molar-refractivity contribution in [3.05, 3.63) is 47.5 Å². The molecule has 18 heavy (non-hydrogen) atoms. The molecule has 2 nitrogen and oxygen atoms in total. The Morgan fingerprint density at radius 1 is 1.11 bits per heavy atom. The molecule has 2 aromatic carbocycles. The number of methoxy groups -OCH3 is 1. The standard InChI is InChI=1S/C16H21NO/c1-12-4-5-14-9-15(7-6-13(14)8-12)16(10-17-2)11-18-3/h4-9,16-17H,10-11H2,1-3H3. The van der Waals surface area contributed by atoms with Crippen molar-refractivity contribution in [2.45, 2.75) is 12.8 Å². The van der Waals surface area contributed by atoms with Crippen LogP contribution in [0.4, 0.5) is 0 Å². The van der Waals surface area contributed by atoms with Gasteiger partial charge in [0, 0.05) is 19.6 Å². The van der Waals surface area contributed by atoms with Crippen LogP contribution in [0.25, 0.3) is 10.8 Å². The molecule has 0 saturated carbocycles. The Kier molecular flexibility index (Phi) is 4.34. The van der Waals surface area contributed by atoms with Crippen molar-refractivity contribution in [2.24, 2.45) is 0 Å². The summed E-state index contributed by atoms with van der Waals surface area (Å²) in [5.41, 5.74) is 2.64. The van der Waals surface area contributed by atoms with Gasteiger partial charge < -0.3 is 10.1 Å². The number of benzene rings is 2. The molecule has 96 valence electrons. The molecule has 0 spiro atoms. The van der Waals surface area contributed by atoms with E-state index in [2.05, 4.69) is 48.6 Å². The molecule has 0 amide bonds. The first-order chi connectivity index (χ1) is 8.74. The predicted octanol–water partition coefficient (Wildman–Crippen LogP) is 3.10. The minimum Gasteiger partial charge on any atom is -0.384 e. The summed E-state index contributed by atoms with van der Waals surface area (Å²) in [5.74, 6) is 0.408. The van der Waals surface area contributed by atoms with Crippen LogP contribution in [0.2, 0.25) is 0 Å². The van der Waals surface area contributed by atoms with Crippen molar-refractivity contribution in [3.63, 3.8) is 0 Å². The predicted molar refractivity (Wildman–Crippen MR) is 77.2 cm³/mol. The molecule has 1 N–H and O–H groups in total. The van der Waals surface area contributed by atoms with Gasteiger partial charge in [0.1, 0.15) is 0 Å². The van der Waals surface area contributed by atoms with Crippen LogP contribution in [0, 0.1) is 6.92 Å². The molecule has 0 bridgehead atoms. The van der Waals surface area contributed by atoms with E-state index >= 15 is 0 Å². The number of nitrogens with one attached hydrogen (secondary N) is 1. The largest absolute Gasteiger partial charge is 0.384 e. The van der Waals surface area contributed by atoms with Crippen LogP contribution < -0.4 is 5.32 Å². The Hall–Kier alpha value is -1.38. The van der Waals surface area contributed by atoms with Crippen LogP contribution in [-0.2, 0) is 4.74 Å². The minimum absolute atomic E-state index is 0.408. The average molecular weight is 243 g/mol. The first kappa shape index (κ1) is 13.1. The van der Waals surface area contributed by atoms with E-state index in [4.69, 9.17) is 4.74 Å². The number of hydrogen-bond donors (Lipinski definition) is 1. The van der Waals surface area contributed by atoms with E-state index in [0.29, 0.717) is 5.92 Å². The number of ether oxygens (including phenoxy) is 1. The maximum Gasteiger partial charge on any atom is 0.0543 e.